The maximum absolute atomic E-state index is 13.4. The first-order valence-electron chi connectivity index (χ1n) is 12.7. The fourth-order valence-electron chi connectivity index (χ4n) is 3.82. The highest BCUT2D eigenvalue weighted by atomic mass is 19.2. The Morgan fingerprint density at radius 3 is 1.58 bits per heavy atom. The molecule has 31 heavy (non-hydrogen) atoms. The Balaban J connectivity index is 0. The number of hydrogen-bond donors (Lipinski definition) is 0. The van der Waals surface area contributed by atoms with Crippen molar-refractivity contribution in [3.8, 4) is 11.1 Å². The van der Waals surface area contributed by atoms with Crippen LogP contribution in [-0.4, -0.2) is 0 Å². The van der Waals surface area contributed by atoms with E-state index in [9.17, 15) is 8.78 Å². The Morgan fingerprint density at radius 1 is 0.645 bits per heavy atom. The van der Waals surface area contributed by atoms with E-state index in [-0.39, 0.29) is 0 Å². The van der Waals surface area contributed by atoms with Gasteiger partial charge in [0, 0.05) is 0 Å². The summed E-state index contributed by atoms with van der Waals surface area (Å²) in [5.74, 6) is -0.0187. The molecule has 0 bridgehead atoms. The van der Waals surface area contributed by atoms with Crippen molar-refractivity contribution < 1.29 is 8.78 Å². The lowest BCUT2D eigenvalue weighted by atomic mass is 9.77. The van der Waals surface area contributed by atoms with Crippen molar-refractivity contribution in [1.82, 2.24) is 0 Å². The van der Waals surface area contributed by atoms with Gasteiger partial charge in [-0.2, -0.15) is 0 Å². The Labute approximate surface area is 192 Å². The maximum Gasteiger partial charge on any atom is 0.159 e. The van der Waals surface area contributed by atoms with Gasteiger partial charge in [-0.1, -0.05) is 105 Å². The van der Waals surface area contributed by atoms with Gasteiger partial charge in [0.15, 0.2) is 11.6 Å². The predicted octanol–water partition coefficient (Wildman–Crippen LogP) is 10.8. The fourth-order valence-corrected chi connectivity index (χ4v) is 3.82. The van der Waals surface area contributed by atoms with E-state index in [0.29, 0.717) is 5.92 Å². The molecule has 0 N–H and O–H groups in total. The molecule has 0 amide bonds. The molecule has 0 heterocycles. The highest BCUT2D eigenvalue weighted by Gasteiger charge is 2.21. The average Bonchev–Trinajstić information content (AvgIpc) is 2.87. The summed E-state index contributed by atoms with van der Waals surface area (Å²) in [6, 6.07) is 12.4. The molecular weight excluding hydrogens is 386 g/mol. The molecule has 0 saturated heterocycles. The molecule has 1 aliphatic rings. The highest BCUT2D eigenvalue weighted by molar-refractivity contribution is 5.63. The molecule has 3 rings (SSSR count). The highest BCUT2D eigenvalue weighted by Crippen LogP contribution is 2.38. The van der Waals surface area contributed by atoms with Crippen LogP contribution in [-0.2, 0) is 0 Å². The standard InChI is InChI=1S/C21H24F2.4C2H6/c1-2-3-15-4-6-16(7-5-15)17-8-10-18(11-9-17)19-12-13-20(22)21(23)14-19;4*1-2/h8-16H,2-7H2,1H3;4*1-2H3. The number of benzene rings is 2. The van der Waals surface area contributed by atoms with E-state index < -0.39 is 11.6 Å². The van der Waals surface area contributed by atoms with Gasteiger partial charge in [0.1, 0.15) is 0 Å². The number of hydrogen-bond acceptors (Lipinski definition) is 0. The molecule has 2 aromatic rings. The van der Waals surface area contributed by atoms with E-state index >= 15 is 0 Å². The summed E-state index contributed by atoms with van der Waals surface area (Å²) in [5, 5.41) is 0. The maximum atomic E-state index is 13.4. The van der Waals surface area contributed by atoms with Crippen LogP contribution < -0.4 is 0 Å². The monoisotopic (exact) mass is 434 g/mol. The molecule has 2 heteroatoms. The molecule has 0 aliphatic heterocycles. The van der Waals surface area contributed by atoms with Crippen LogP contribution in [0.1, 0.15) is 112 Å². The Hall–Kier alpha value is -1.70. The minimum atomic E-state index is -0.797. The molecule has 0 aromatic heterocycles. The third-order valence-corrected chi connectivity index (χ3v) is 5.18. The van der Waals surface area contributed by atoms with E-state index in [1.807, 2.05) is 67.5 Å². The van der Waals surface area contributed by atoms with Crippen molar-refractivity contribution in [2.75, 3.05) is 0 Å². The quantitative estimate of drug-likeness (QED) is 0.449. The second kappa shape index (κ2) is 20.2. The lowest BCUT2D eigenvalue weighted by molar-refractivity contribution is 0.308. The molecule has 0 unspecified atom stereocenters. The first-order valence-corrected chi connectivity index (χ1v) is 12.7. The van der Waals surface area contributed by atoms with Gasteiger partial charge in [0.25, 0.3) is 0 Å². The molecule has 178 valence electrons. The average molecular weight is 435 g/mol. The van der Waals surface area contributed by atoms with E-state index in [1.165, 1.54) is 56.2 Å². The molecule has 2 aromatic carbocycles. The molecule has 1 aliphatic carbocycles. The summed E-state index contributed by atoms with van der Waals surface area (Å²) >= 11 is 0. The minimum Gasteiger partial charge on any atom is -0.204 e. The predicted molar refractivity (Wildman–Crippen MR) is 137 cm³/mol. The van der Waals surface area contributed by atoms with Crippen molar-refractivity contribution in [2.45, 2.75) is 107 Å². The number of rotatable bonds is 4. The van der Waals surface area contributed by atoms with Crippen LogP contribution in [0.25, 0.3) is 11.1 Å². The zero-order chi connectivity index (χ0) is 24.2. The van der Waals surface area contributed by atoms with Crippen molar-refractivity contribution in [3.63, 3.8) is 0 Å². The van der Waals surface area contributed by atoms with Gasteiger partial charge in [-0.3, -0.25) is 0 Å². The van der Waals surface area contributed by atoms with Gasteiger partial charge in [-0.25, -0.2) is 8.78 Å². The first kappa shape index (κ1) is 31.5. The Morgan fingerprint density at radius 2 is 1.13 bits per heavy atom. The molecule has 0 spiro atoms. The van der Waals surface area contributed by atoms with Gasteiger partial charge < -0.3 is 0 Å². The van der Waals surface area contributed by atoms with Gasteiger partial charge >= 0.3 is 0 Å². The van der Waals surface area contributed by atoms with Crippen LogP contribution in [0.15, 0.2) is 42.5 Å². The zero-order valence-corrected chi connectivity index (χ0v) is 21.7. The van der Waals surface area contributed by atoms with E-state index in [2.05, 4.69) is 19.1 Å². The third kappa shape index (κ3) is 10.9. The second-order valence-corrected chi connectivity index (χ2v) is 6.76. The van der Waals surface area contributed by atoms with Crippen LogP contribution in [0.5, 0.6) is 0 Å². The summed E-state index contributed by atoms with van der Waals surface area (Å²) in [7, 11) is 0. The summed E-state index contributed by atoms with van der Waals surface area (Å²) in [4.78, 5) is 0. The van der Waals surface area contributed by atoms with Crippen LogP contribution in [0, 0.1) is 17.6 Å². The normalized spacial score (nSPS) is 16.6. The largest absolute Gasteiger partial charge is 0.204 e. The lowest BCUT2D eigenvalue weighted by Crippen LogP contribution is -2.13. The van der Waals surface area contributed by atoms with Crippen molar-refractivity contribution in [2.24, 2.45) is 5.92 Å². The van der Waals surface area contributed by atoms with Crippen LogP contribution in [0.2, 0.25) is 0 Å². The van der Waals surface area contributed by atoms with Crippen molar-refractivity contribution in [3.05, 3.63) is 59.7 Å². The zero-order valence-electron chi connectivity index (χ0n) is 21.7. The SMILES string of the molecule is CC.CC.CC.CC.CCCC1CCC(c2ccc(-c3ccc(F)c(F)c3)cc2)CC1. The summed E-state index contributed by atoms with van der Waals surface area (Å²) in [5.41, 5.74) is 3.04. The molecule has 0 nitrogen and oxygen atoms in total. The second-order valence-electron chi connectivity index (χ2n) is 6.76. The lowest BCUT2D eigenvalue weighted by Gasteiger charge is -2.28. The molecule has 1 fully saturated rings. The summed E-state index contributed by atoms with van der Waals surface area (Å²) in [6.07, 6.45) is 7.87. The summed E-state index contributed by atoms with van der Waals surface area (Å²) < 4.78 is 26.4. The van der Waals surface area contributed by atoms with Crippen LogP contribution in [0.4, 0.5) is 8.78 Å². The van der Waals surface area contributed by atoms with Gasteiger partial charge in [-0.15, -0.1) is 0 Å². The van der Waals surface area contributed by atoms with Crippen LogP contribution in [0.3, 0.4) is 0 Å². The van der Waals surface area contributed by atoms with Gasteiger partial charge in [0.05, 0.1) is 0 Å². The smallest absolute Gasteiger partial charge is 0.159 e. The van der Waals surface area contributed by atoms with Crippen molar-refractivity contribution in [1.29, 1.82) is 0 Å². The molecular formula is C29H48F2. The van der Waals surface area contributed by atoms with Gasteiger partial charge in [-0.05, 0) is 66.3 Å². The molecule has 1 saturated carbocycles. The van der Waals surface area contributed by atoms with Gasteiger partial charge in [0.2, 0.25) is 0 Å². The fraction of sp³-hybridized carbons (Fsp3) is 0.586. The van der Waals surface area contributed by atoms with E-state index in [0.717, 1.165) is 17.0 Å². The number of halogens is 2. The minimum absolute atomic E-state index is 0.655. The summed E-state index contributed by atoms with van der Waals surface area (Å²) in [6.45, 7) is 18.3. The molecule has 0 radical (unpaired) electrons. The Kier molecular flexibility index (Phi) is 20.5. The Bertz CT molecular complexity index is 638. The molecule has 0 atom stereocenters. The van der Waals surface area contributed by atoms with Crippen LogP contribution >= 0.6 is 0 Å². The van der Waals surface area contributed by atoms with Crippen molar-refractivity contribution >= 4 is 0 Å². The third-order valence-electron chi connectivity index (χ3n) is 5.18. The topological polar surface area (TPSA) is 0 Å². The van der Waals surface area contributed by atoms with E-state index in [4.69, 9.17) is 0 Å². The first-order chi connectivity index (χ1) is 15.2. The van der Waals surface area contributed by atoms with E-state index in [1.54, 1.807) is 6.07 Å².